The second-order valence-corrected chi connectivity index (χ2v) is 0.697. The van der Waals surface area contributed by atoms with E-state index in [9.17, 15) is 0 Å². The summed E-state index contributed by atoms with van der Waals surface area (Å²) in [6, 6.07) is 0. The molecule has 0 spiro atoms. The van der Waals surface area contributed by atoms with Crippen LogP contribution < -0.4 is 0 Å². The molecule has 0 bridgehead atoms. The molecule has 0 aromatic carbocycles. The summed E-state index contributed by atoms with van der Waals surface area (Å²) in [5, 5.41) is 0. The van der Waals surface area contributed by atoms with Crippen LogP contribution in [0, 0.1) is 13.3 Å². The molecule has 0 rings (SSSR count). The molecule has 0 aromatic heterocycles. The Morgan fingerprint density at radius 3 is 1.83 bits per heavy atom. The van der Waals surface area contributed by atoms with Crippen molar-refractivity contribution in [3.63, 3.8) is 0 Å². The van der Waals surface area contributed by atoms with Crippen molar-refractivity contribution < 1.29 is 39.6 Å². The molecule has 0 N–H and O–H groups in total. The van der Waals surface area contributed by atoms with Gasteiger partial charge in [-0.25, -0.2) is 0 Å². The zero-order valence-corrected chi connectivity index (χ0v) is 8.18. The third-order valence-electron chi connectivity index (χ3n) is 0.289. The molecular weight excluding hydrogens is 283 g/mol. The third-order valence-corrected chi connectivity index (χ3v) is 0.289. The number of unbranched alkanes of at least 4 members (excludes halogenated alkanes) is 1. The third kappa shape index (κ3) is 18.6. The summed E-state index contributed by atoms with van der Waals surface area (Å²) in [6.07, 6.45) is 2.96. The maximum Gasteiger partial charge on any atom is 0 e. The number of rotatable bonds is 1. The van der Waals surface area contributed by atoms with Crippen molar-refractivity contribution in [2.75, 3.05) is 0 Å². The van der Waals surface area contributed by atoms with Crippen molar-refractivity contribution >= 4 is 0 Å². The van der Waals surface area contributed by atoms with E-state index in [1.807, 2.05) is 13.3 Å². The van der Waals surface area contributed by atoms with E-state index >= 15 is 0 Å². The van der Waals surface area contributed by atoms with Gasteiger partial charge >= 0.3 is 0 Å². The van der Waals surface area contributed by atoms with Crippen molar-refractivity contribution in [2.24, 2.45) is 0 Å². The molecule has 0 atom stereocenters. The van der Waals surface area contributed by atoms with Crippen LogP contribution in [0.2, 0.25) is 0 Å². The maximum atomic E-state index is 3.55. The van der Waals surface area contributed by atoms with Crippen molar-refractivity contribution in [1.29, 1.82) is 0 Å². The van der Waals surface area contributed by atoms with Gasteiger partial charge in [-0.15, -0.1) is 0 Å². The first-order valence-electron chi connectivity index (χ1n) is 1.49. The quantitative estimate of drug-likeness (QED) is 0.641. The molecular formula is C4H8VW-2. The minimum Gasteiger partial charge on any atom is -0.372 e. The molecule has 0 aromatic rings. The Balaban J connectivity index is -0.0000000450. The Morgan fingerprint density at radius 1 is 1.67 bits per heavy atom. The molecule has 0 saturated heterocycles. The summed E-state index contributed by atoms with van der Waals surface area (Å²) in [5.41, 5.74) is 0. The van der Waals surface area contributed by atoms with E-state index < -0.39 is 0 Å². The zero-order valence-electron chi connectivity index (χ0n) is 3.85. The van der Waals surface area contributed by atoms with Crippen LogP contribution in [-0.4, -0.2) is 0 Å². The fourth-order valence-corrected chi connectivity index (χ4v) is 0. The summed E-state index contributed by atoms with van der Waals surface area (Å²) in [4.78, 5) is 0. The van der Waals surface area contributed by atoms with E-state index in [-0.39, 0.29) is 39.6 Å². The molecule has 0 unspecified atom stereocenters. The van der Waals surface area contributed by atoms with Gasteiger partial charge in [0.1, 0.15) is 0 Å². The number of hydrogen-bond acceptors (Lipinski definition) is 0. The molecule has 0 heterocycles. The van der Waals surface area contributed by atoms with E-state index in [0.29, 0.717) is 0 Å². The van der Waals surface area contributed by atoms with Crippen LogP contribution >= 0.6 is 0 Å². The average molecular weight is 291 g/mol. The van der Waals surface area contributed by atoms with Crippen LogP contribution in [0.5, 0.6) is 0 Å². The first-order chi connectivity index (χ1) is 1.91. The van der Waals surface area contributed by atoms with Gasteiger partial charge in [0.15, 0.2) is 0 Å². The zero-order chi connectivity index (χ0) is 3.41. The summed E-state index contributed by atoms with van der Waals surface area (Å²) in [7, 11) is 0. The fraction of sp³-hybridized carbons (Fsp3) is 0.500. The van der Waals surface area contributed by atoms with E-state index in [0.717, 1.165) is 6.42 Å². The maximum absolute atomic E-state index is 3.55. The van der Waals surface area contributed by atoms with Gasteiger partial charge in [-0.2, -0.15) is 6.92 Å². The minimum absolute atomic E-state index is 0. The van der Waals surface area contributed by atoms with Crippen LogP contribution in [-0.2, 0) is 39.6 Å². The van der Waals surface area contributed by atoms with Crippen LogP contribution in [0.1, 0.15) is 13.3 Å². The van der Waals surface area contributed by atoms with Gasteiger partial charge in [0.25, 0.3) is 0 Å². The average Bonchev–Trinajstić information content (AvgIpc) is 1.37. The molecule has 0 aliphatic carbocycles. The molecule has 0 aliphatic rings. The summed E-state index contributed by atoms with van der Waals surface area (Å²) in [5.74, 6) is 0. The predicted molar refractivity (Wildman–Crippen MR) is 19.9 cm³/mol. The van der Waals surface area contributed by atoms with Crippen molar-refractivity contribution in [3.8, 4) is 0 Å². The molecule has 1 radical (unpaired) electrons. The Kier molecular flexibility index (Phi) is 42.5. The monoisotopic (exact) mass is 291 g/mol. The van der Waals surface area contributed by atoms with Crippen LogP contribution in [0.3, 0.4) is 0 Å². The largest absolute Gasteiger partial charge is 0.372 e. The van der Waals surface area contributed by atoms with Gasteiger partial charge in [-0.3, -0.25) is 0 Å². The van der Waals surface area contributed by atoms with Gasteiger partial charge in [0.05, 0.1) is 0 Å². The van der Waals surface area contributed by atoms with Gasteiger partial charge in [-0.1, -0.05) is 0 Å². The van der Waals surface area contributed by atoms with Crippen LogP contribution in [0.4, 0.5) is 0 Å². The fourth-order valence-electron chi connectivity index (χ4n) is 0. The summed E-state index contributed by atoms with van der Waals surface area (Å²) in [6.45, 7) is 5.54. The normalized spacial score (nSPS) is 5.00. The molecule has 37 valence electrons. The molecule has 2 heteroatoms. The molecule has 0 amide bonds. The van der Waals surface area contributed by atoms with E-state index in [1.54, 1.807) is 0 Å². The minimum atomic E-state index is 0. The van der Waals surface area contributed by atoms with Crippen molar-refractivity contribution in [1.82, 2.24) is 0 Å². The van der Waals surface area contributed by atoms with E-state index in [1.165, 1.54) is 0 Å². The molecule has 6 heavy (non-hydrogen) atoms. The second kappa shape index (κ2) is 16.3. The number of hydrogen-bond donors (Lipinski definition) is 0. The smallest absolute Gasteiger partial charge is 0 e. The molecule has 0 fully saturated rings. The van der Waals surface area contributed by atoms with Crippen LogP contribution in [0.15, 0.2) is 0 Å². The second-order valence-electron chi connectivity index (χ2n) is 0.697. The molecule has 0 nitrogen and oxygen atoms in total. The Labute approximate surface area is 66.2 Å². The molecule has 0 aliphatic heterocycles. The van der Waals surface area contributed by atoms with Gasteiger partial charge in [0.2, 0.25) is 0 Å². The van der Waals surface area contributed by atoms with E-state index in [4.69, 9.17) is 0 Å². The van der Waals surface area contributed by atoms with Gasteiger partial charge in [0, 0.05) is 39.6 Å². The van der Waals surface area contributed by atoms with Crippen LogP contribution in [0.25, 0.3) is 0 Å². The Morgan fingerprint density at radius 2 is 1.83 bits per heavy atom. The first kappa shape index (κ1) is 15.7. The summed E-state index contributed by atoms with van der Waals surface area (Å²) >= 11 is 0. The predicted octanol–water partition coefficient (Wildman–Crippen LogP) is 1.43. The Bertz CT molecular complexity index is 9.51. The van der Waals surface area contributed by atoms with E-state index in [2.05, 4.69) is 6.92 Å². The first-order valence-corrected chi connectivity index (χ1v) is 1.49. The van der Waals surface area contributed by atoms with Gasteiger partial charge < -0.3 is 19.8 Å². The standard InChI is InChI=1S/C4H8.V.W/c1-3-4-2;;/h4H,1,3H2,2H3;;/q-2;;. The van der Waals surface area contributed by atoms with Crippen molar-refractivity contribution in [2.45, 2.75) is 13.3 Å². The van der Waals surface area contributed by atoms with Crippen molar-refractivity contribution in [3.05, 3.63) is 13.3 Å². The SMILES string of the molecule is [CH2-]C[CH-]C.[V].[W]. The molecule has 0 saturated carbocycles. The summed E-state index contributed by atoms with van der Waals surface area (Å²) < 4.78 is 0. The Hall–Kier alpha value is 1.27. The topological polar surface area (TPSA) is 0 Å². The van der Waals surface area contributed by atoms with Gasteiger partial charge in [-0.05, 0) is 0 Å².